The number of ether oxygens (including phenoxy) is 1. The summed E-state index contributed by atoms with van der Waals surface area (Å²) in [6.45, 7) is 8.14. The summed E-state index contributed by atoms with van der Waals surface area (Å²) in [5.74, 6) is 1.63. The van der Waals surface area contributed by atoms with Gasteiger partial charge in [0.25, 0.3) is 0 Å². The number of hydrogen-bond donors (Lipinski definition) is 1. The monoisotopic (exact) mass is 344 g/mol. The van der Waals surface area contributed by atoms with Crippen molar-refractivity contribution in [1.82, 2.24) is 0 Å². The molecular weight excluding hydrogens is 316 g/mol. The number of aliphatic hydroxyl groups is 1. The Morgan fingerprint density at radius 2 is 1.90 bits per heavy atom. The third kappa shape index (κ3) is 2.28. The van der Waals surface area contributed by atoms with Crippen LogP contribution in [-0.4, -0.2) is 22.8 Å². The SMILES string of the molecule is CC1(C)CCC[C@]2(C)C3CCCO[C@@H](O)[C@@H]3[C@H](Br)CC12. The van der Waals surface area contributed by atoms with Gasteiger partial charge in [-0.05, 0) is 54.8 Å². The van der Waals surface area contributed by atoms with Crippen molar-refractivity contribution >= 4 is 15.9 Å². The van der Waals surface area contributed by atoms with E-state index in [2.05, 4.69) is 36.7 Å². The first-order chi connectivity index (χ1) is 9.36. The van der Waals surface area contributed by atoms with Crippen molar-refractivity contribution in [3.63, 3.8) is 0 Å². The molecule has 2 saturated carbocycles. The summed E-state index contributed by atoms with van der Waals surface area (Å²) in [4.78, 5) is 0.399. The van der Waals surface area contributed by atoms with E-state index in [1.54, 1.807) is 0 Å². The molecule has 1 heterocycles. The largest absolute Gasteiger partial charge is 0.368 e. The number of hydrogen-bond acceptors (Lipinski definition) is 2. The Bertz CT molecular complexity index is 370. The Kier molecular flexibility index (Phi) is 4.01. The van der Waals surface area contributed by atoms with Crippen molar-refractivity contribution in [3.8, 4) is 0 Å². The molecule has 2 aliphatic carbocycles. The highest BCUT2D eigenvalue weighted by Crippen LogP contribution is 2.63. The van der Waals surface area contributed by atoms with Gasteiger partial charge in [0.2, 0.25) is 0 Å². The second-order valence-corrected chi connectivity index (χ2v) is 9.42. The predicted octanol–water partition coefficient (Wildman–Crippen LogP) is 4.35. The molecule has 0 radical (unpaired) electrons. The summed E-state index contributed by atoms with van der Waals surface area (Å²) >= 11 is 3.90. The zero-order valence-electron chi connectivity index (χ0n) is 13.1. The van der Waals surface area contributed by atoms with E-state index >= 15 is 0 Å². The Balaban J connectivity index is 1.98. The maximum absolute atomic E-state index is 10.4. The van der Waals surface area contributed by atoms with E-state index in [0.717, 1.165) is 18.9 Å². The van der Waals surface area contributed by atoms with Gasteiger partial charge in [-0.3, -0.25) is 0 Å². The average Bonchev–Trinajstić information content (AvgIpc) is 2.55. The molecule has 0 spiro atoms. The van der Waals surface area contributed by atoms with Crippen molar-refractivity contribution in [2.45, 2.75) is 70.4 Å². The topological polar surface area (TPSA) is 29.5 Å². The Hall–Kier alpha value is 0.400. The highest BCUT2D eigenvalue weighted by Gasteiger charge is 2.58. The summed E-state index contributed by atoms with van der Waals surface area (Å²) < 4.78 is 5.64. The van der Waals surface area contributed by atoms with Crippen LogP contribution in [0, 0.1) is 28.6 Å². The molecule has 0 bridgehead atoms. The lowest BCUT2D eigenvalue weighted by Crippen LogP contribution is -2.56. The predicted molar refractivity (Wildman–Crippen MR) is 84.7 cm³/mol. The lowest BCUT2D eigenvalue weighted by Gasteiger charge is -2.60. The molecule has 1 N–H and O–H groups in total. The fourth-order valence-electron chi connectivity index (χ4n) is 5.79. The van der Waals surface area contributed by atoms with Gasteiger partial charge >= 0.3 is 0 Å². The summed E-state index contributed by atoms with van der Waals surface area (Å²) in [6.07, 6.45) is 6.94. The number of rotatable bonds is 0. The lowest BCUT2D eigenvalue weighted by atomic mass is 9.46. The van der Waals surface area contributed by atoms with Crippen LogP contribution in [0.25, 0.3) is 0 Å². The smallest absolute Gasteiger partial charge is 0.158 e. The van der Waals surface area contributed by atoms with Crippen LogP contribution in [-0.2, 0) is 4.74 Å². The standard InChI is InChI=1S/C17H29BrO2/c1-16(2)7-5-8-17(3)11-6-4-9-20-15(19)14(11)12(18)10-13(16)17/h11-15,19H,4-10H2,1-3H3/t11?,12-,13?,14+,15-,17-/m1/s1. The minimum Gasteiger partial charge on any atom is -0.368 e. The van der Waals surface area contributed by atoms with E-state index < -0.39 is 6.29 Å². The van der Waals surface area contributed by atoms with Crippen molar-refractivity contribution in [2.75, 3.05) is 6.61 Å². The molecule has 116 valence electrons. The third-order valence-electron chi connectivity index (χ3n) is 6.74. The molecule has 0 aromatic heterocycles. The first kappa shape index (κ1) is 15.3. The van der Waals surface area contributed by atoms with Gasteiger partial charge in [-0.2, -0.15) is 0 Å². The van der Waals surface area contributed by atoms with Gasteiger partial charge in [-0.1, -0.05) is 43.1 Å². The van der Waals surface area contributed by atoms with Crippen LogP contribution in [0.1, 0.15) is 59.3 Å². The fraction of sp³-hybridized carbons (Fsp3) is 1.00. The van der Waals surface area contributed by atoms with Gasteiger partial charge in [-0.15, -0.1) is 0 Å². The first-order valence-corrected chi connectivity index (χ1v) is 9.21. The second-order valence-electron chi connectivity index (χ2n) is 8.24. The number of fused-ring (bicyclic) bond motifs is 3. The second kappa shape index (κ2) is 5.24. The molecule has 2 nitrogen and oxygen atoms in total. The van der Waals surface area contributed by atoms with E-state index in [1.165, 1.54) is 32.1 Å². The van der Waals surface area contributed by atoms with Crippen LogP contribution in [0.3, 0.4) is 0 Å². The molecule has 0 aromatic rings. The molecule has 2 unspecified atom stereocenters. The quantitative estimate of drug-likeness (QED) is 0.662. The van der Waals surface area contributed by atoms with E-state index in [9.17, 15) is 5.11 Å². The molecule has 3 aliphatic rings. The van der Waals surface area contributed by atoms with E-state index in [1.807, 2.05) is 0 Å². The molecular formula is C17H29BrO2. The average molecular weight is 345 g/mol. The normalized spacial score (nSPS) is 51.8. The molecule has 3 heteroatoms. The molecule has 1 aliphatic heterocycles. The molecule has 0 amide bonds. The summed E-state index contributed by atoms with van der Waals surface area (Å²) in [5.41, 5.74) is 0.813. The van der Waals surface area contributed by atoms with Crippen molar-refractivity contribution in [2.24, 2.45) is 28.6 Å². The van der Waals surface area contributed by atoms with Crippen LogP contribution in [0.5, 0.6) is 0 Å². The Labute approximate surface area is 131 Å². The van der Waals surface area contributed by atoms with E-state index in [4.69, 9.17) is 4.74 Å². The molecule has 3 fully saturated rings. The van der Waals surface area contributed by atoms with Crippen molar-refractivity contribution in [3.05, 3.63) is 0 Å². The molecule has 6 atom stereocenters. The number of alkyl halides is 1. The van der Waals surface area contributed by atoms with Gasteiger partial charge in [0.1, 0.15) is 0 Å². The van der Waals surface area contributed by atoms with Crippen LogP contribution >= 0.6 is 15.9 Å². The minimum absolute atomic E-state index is 0.271. The Morgan fingerprint density at radius 1 is 1.15 bits per heavy atom. The van der Waals surface area contributed by atoms with Crippen LogP contribution < -0.4 is 0 Å². The fourth-order valence-corrected chi connectivity index (χ4v) is 6.79. The number of halogens is 1. The lowest BCUT2D eigenvalue weighted by molar-refractivity contribution is -0.177. The van der Waals surface area contributed by atoms with E-state index in [0.29, 0.717) is 21.6 Å². The van der Waals surface area contributed by atoms with E-state index in [-0.39, 0.29) is 5.92 Å². The number of aliphatic hydroxyl groups excluding tert-OH is 1. The zero-order chi connectivity index (χ0) is 14.5. The Morgan fingerprint density at radius 3 is 2.65 bits per heavy atom. The first-order valence-electron chi connectivity index (χ1n) is 8.30. The highest BCUT2D eigenvalue weighted by molar-refractivity contribution is 9.09. The summed E-state index contributed by atoms with van der Waals surface area (Å²) in [6, 6.07) is 0. The minimum atomic E-state index is -0.574. The van der Waals surface area contributed by atoms with Gasteiger partial charge in [0, 0.05) is 17.4 Å². The van der Waals surface area contributed by atoms with Crippen molar-refractivity contribution < 1.29 is 9.84 Å². The zero-order valence-corrected chi connectivity index (χ0v) is 14.7. The summed E-state index contributed by atoms with van der Waals surface area (Å²) in [5, 5.41) is 10.4. The maximum Gasteiger partial charge on any atom is 0.158 e. The maximum atomic E-state index is 10.4. The van der Waals surface area contributed by atoms with Gasteiger partial charge in [-0.25, -0.2) is 0 Å². The van der Waals surface area contributed by atoms with Gasteiger partial charge in [0.15, 0.2) is 6.29 Å². The molecule has 1 saturated heterocycles. The highest BCUT2D eigenvalue weighted by atomic mass is 79.9. The molecule has 0 aromatic carbocycles. The van der Waals surface area contributed by atoms with Crippen LogP contribution in [0.15, 0.2) is 0 Å². The summed E-state index contributed by atoms with van der Waals surface area (Å²) in [7, 11) is 0. The van der Waals surface area contributed by atoms with Gasteiger partial charge in [0.05, 0.1) is 0 Å². The van der Waals surface area contributed by atoms with Crippen LogP contribution in [0.4, 0.5) is 0 Å². The molecule has 20 heavy (non-hydrogen) atoms. The van der Waals surface area contributed by atoms with Crippen molar-refractivity contribution in [1.29, 1.82) is 0 Å². The molecule has 3 rings (SSSR count). The van der Waals surface area contributed by atoms with Gasteiger partial charge < -0.3 is 9.84 Å². The third-order valence-corrected chi connectivity index (χ3v) is 7.73. The van der Waals surface area contributed by atoms with Crippen LogP contribution in [0.2, 0.25) is 0 Å².